The van der Waals surface area contributed by atoms with Crippen LogP contribution in [-0.2, 0) is 19.3 Å². The monoisotopic (exact) mass is 233 g/mol. The van der Waals surface area contributed by atoms with Gasteiger partial charge in [-0.3, -0.25) is 0 Å². The third kappa shape index (κ3) is 2.37. The van der Waals surface area contributed by atoms with Crippen molar-refractivity contribution in [3.63, 3.8) is 0 Å². The quantitative estimate of drug-likeness (QED) is 0.828. The first-order chi connectivity index (χ1) is 8.33. The molecule has 1 aliphatic heterocycles. The molecule has 1 fully saturated rings. The van der Waals surface area contributed by atoms with Gasteiger partial charge in [-0.25, -0.2) is 4.39 Å². The largest absolute Gasteiger partial charge is 0.314 e. The number of benzene rings is 1. The second kappa shape index (κ2) is 4.77. The molecule has 1 saturated heterocycles. The minimum atomic E-state index is 0.0133. The SMILES string of the molecule is Fc1cc2c(cc1CC1CCCN1)CCCC2. The van der Waals surface area contributed by atoms with E-state index in [2.05, 4.69) is 11.4 Å². The fourth-order valence-corrected chi connectivity index (χ4v) is 3.16. The first-order valence-corrected chi connectivity index (χ1v) is 6.86. The van der Waals surface area contributed by atoms with Crippen LogP contribution in [0.2, 0.25) is 0 Å². The molecule has 0 spiro atoms. The molecule has 0 bridgehead atoms. The normalized spacial score (nSPS) is 23.7. The van der Waals surface area contributed by atoms with Crippen molar-refractivity contribution in [2.45, 2.75) is 51.0 Å². The predicted molar refractivity (Wildman–Crippen MR) is 67.8 cm³/mol. The van der Waals surface area contributed by atoms with Gasteiger partial charge in [-0.05, 0) is 74.2 Å². The molecule has 1 aliphatic carbocycles. The van der Waals surface area contributed by atoms with Crippen LogP contribution in [0.25, 0.3) is 0 Å². The number of hydrogen-bond acceptors (Lipinski definition) is 1. The van der Waals surface area contributed by atoms with Crippen molar-refractivity contribution in [1.29, 1.82) is 0 Å². The Morgan fingerprint density at radius 1 is 1.12 bits per heavy atom. The van der Waals surface area contributed by atoms with Gasteiger partial charge in [-0.15, -0.1) is 0 Å². The molecule has 1 atom stereocenters. The molecule has 2 aliphatic rings. The first kappa shape index (κ1) is 11.2. The molecule has 2 heteroatoms. The maximum Gasteiger partial charge on any atom is 0.126 e. The zero-order chi connectivity index (χ0) is 11.7. The van der Waals surface area contributed by atoms with Crippen LogP contribution < -0.4 is 5.32 Å². The molecular formula is C15H20FN. The fourth-order valence-electron chi connectivity index (χ4n) is 3.16. The topological polar surface area (TPSA) is 12.0 Å². The van der Waals surface area contributed by atoms with Gasteiger partial charge >= 0.3 is 0 Å². The summed E-state index contributed by atoms with van der Waals surface area (Å²) in [6, 6.07) is 4.41. The smallest absolute Gasteiger partial charge is 0.126 e. The van der Waals surface area contributed by atoms with Gasteiger partial charge in [0.25, 0.3) is 0 Å². The van der Waals surface area contributed by atoms with Gasteiger partial charge < -0.3 is 5.32 Å². The van der Waals surface area contributed by atoms with E-state index in [1.165, 1.54) is 36.8 Å². The highest BCUT2D eigenvalue weighted by Gasteiger charge is 2.18. The highest BCUT2D eigenvalue weighted by Crippen LogP contribution is 2.25. The minimum Gasteiger partial charge on any atom is -0.314 e. The van der Waals surface area contributed by atoms with Crippen molar-refractivity contribution in [3.8, 4) is 0 Å². The van der Waals surface area contributed by atoms with E-state index in [-0.39, 0.29) is 5.82 Å². The van der Waals surface area contributed by atoms with Gasteiger partial charge in [-0.2, -0.15) is 0 Å². The van der Waals surface area contributed by atoms with Crippen molar-refractivity contribution in [3.05, 3.63) is 34.6 Å². The van der Waals surface area contributed by atoms with E-state index in [1.54, 1.807) is 6.07 Å². The summed E-state index contributed by atoms with van der Waals surface area (Å²) in [5, 5.41) is 3.45. The molecular weight excluding hydrogens is 213 g/mol. The van der Waals surface area contributed by atoms with Crippen molar-refractivity contribution in [2.24, 2.45) is 0 Å². The fraction of sp³-hybridized carbons (Fsp3) is 0.600. The van der Waals surface area contributed by atoms with Gasteiger partial charge in [0.1, 0.15) is 5.82 Å². The molecule has 1 heterocycles. The molecule has 0 amide bonds. The summed E-state index contributed by atoms with van der Waals surface area (Å²) in [5.41, 5.74) is 3.56. The second-order valence-electron chi connectivity index (χ2n) is 5.42. The molecule has 1 unspecified atom stereocenters. The lowest BCUT2D eigenvalue weighted by atomic mass is 9.89. The Labute approximate surface area is 102 Å². The molecule has 1 nitrogen and oxygen atoms in total. The lowest BCUT2D eigenvalue weighted by Crippen LogP contribution is -2.24. The van der Waals surface area contributed by atoms with Crippen LogP contribution in [0.5, 0.6) is 0 Å². The zero-order valence-electron chi connectivity index (χ0n) is 10.3. The van der Waals surface area contributed by atoms with E-state index < -0.39 is 0 Å². The lowest BCUT2D eigenvalue weighted by Gasteiger charge is -2.18. The van der Waals surface area contributed by atoms with Crippen molar-refractivity contribution >= 4 is 0 Å². The van der Waals surface area contributed by atoms with E-state index in [4.69, 9.17) is 0 Å². The highest BCUT2D eigenvalue weighted by molar-refractivity contribution is 5.35. The Bertz CT molecular complexity index is 408. The molecule has 92 valence electrons. The van der Waals surface area contributed by atoms with Gasteiger partial charge in [0.2, 0.25) is 0 Å². The summed E-state index contributed by atoms with van der Waals surface area (Å²) in [5.74, 6) is 0.0133. The van der Waals surface area contributed by atoms with Crippen LogP contribution in [0.4, 0.5) is 4.39 Å². The molecule has 1 N–H and O–H groups in total. The average Bonchev–Trinajstić information content (AvgIpc) is 2.83. The molecule has 1 aromatic carbocycles. The number of halogens is 1. The summed E-state index contributed by atoms with van der Waals surface area (Å²) in [6.07, 6.45) is 7.97. The highest BCUT2D eigenvalue weighted by atomic mass is 19.1. The Balaban J connectivity index is 1.83. The Hall–Kier alpha value is -0.890. The summed E-state index contributed by atoms with van der Waals surface area (Å²) in [4.78, 5) is 0. The molecule has 0 saturated carbocycles. The van der Waals surface area contributed by atoms with Crippen LogP contribution in [0.15, 0.2) is 12.1 Å². The maximum atomic E-state index is 14.0. The first-order valence-electron chi connectivity index (χ1n) is 6.86. The number of fused-ring (bicyclic) bond motifs is 1. The van der Waals surface area contributed by atoms with Gasteiger partial charge in [0.05, 0.1) is 0 Å². The zero-order valence-corrected chi connectivity index (χ0v) is 10.3. The number of rotatable bonds is 2. The summed E-state index contributed by atoms with van der Waals surface area (Å²) < 4.78 is 14.0. The molecule has 17 heavy (non-hydrogen) atoms. The predicted octanol–water partition coefficient (Wildman–Crippen LogP) is 3.00. The van der Waals surface area contributed by atoms with Gasteiger partial charge in [-0.1, -0.05) is 6.07 Å². The number of aryl methyl sites for hydroxylation is 2. The Kier molecular flexibility index (Phi) is 3.15. The van der Waals surface area contributed by atoms with Crippen molar-refractivity contribution < 1.29 is 4.39 Å². The van der Waals surface area contributed by atoms with Crippen molar-refractivity contribution in [2.75, 3.05) is 6.54 Å². The van der Waals surface area contributed by atoms with E-state index in [0.717, 1.165) is 31.4 Å². The molecule has 0 radical (unpaired) electrons. The van der Waals surface area contributed by atoms with E-state index in [0.29, 0.717) is 6.04 Å². The molecule has 1 aromatic rings. The van der Waals surface area contributed by atoms with Crippen LogP contribution >= 0.6 is 0 Å². The summed E-state index contributed by atoms with van der Waals surface area (Å²) in [6.45, 7) is 1.09. The Morgan fingerprint density at radius 2 is 1.88 bits per heavy atom. The van der Waals surface area contributed by atoms with E-state index in [1.807, 2.05) is 0 Å². The average molecular weight is 233 g/mol. The minimum absolute atomic E-state index is 0.0133. The van der Waals surface area contributed by atoms with Gasteiger partial charge in [0.15, 0.2) is 0 Å². The van der Waals surface area contributed by atoms with E-state index in [9.17, 15) is 4.39 Å². The van der Waals surface area contributed by atoms with Crippen LogP contribution in [0.1, 0.15) is 42.4 Å². The summed E-state index contributed by atoms with van der Waals surface area (Å²) >= 11 is 0. The third-order valence-corrected chi connectivity index (χ3v) is 4.14. The number of hydrogen-bond donors (Lipinski definition) is 1. The standard InChI is InChI=1S/C15H20FN/c16-15-10-12-5-2-1-4-11(12)8-13(15)9-14-6-3-7-17-14/h8,10,14,17H,1-7,9H2. The Morgan fingerprint density at radius 3 is 2.59 bits per heavy atom. The second-order valence-corrected chi connectivity index (χ2v) is 5.42. The van der Waals surface area contributed by atoms with Crippen molar-refractivity contribution in [1.82, 2.24) is 5.32 Å². The third-order valence-electron chi connectivity index (χ3n) is 4.14. The summed E-state index contributed by atoms with van der Waals surface area (Å²) in [7, 11) is 0. The maximum absolute atomic E-state index is 14.0. The van der Waals surface area contributed by atoms with Crippen LogP contribution in [-0.4, -0.2) is 12.6 Å². The molecule has 0 aromatic heterocycles. The van der Waals surface area contributed by atoms with Crippen LogP contribution in [0, 0.1) is 5.82 Å². The molecule has 3 rings (SSSR count). The van der Waals surface area contributed by atoms with Crippen LogP contribution in [0.3, 0.4) is 0 Å². The number of nitrogens with one attached hydrogen (secondary N) is 1. The van der Waals surface area contributed by atoms with Gasteiger partial charge in [0, 0.05) is 6.04 Å². The lowest BCUT2D eigenvalue weighted by molar-refractivity contribution is 0.555. The van der Waals surface area contributed by atoms with E-state index >= 15 is 0 Å².